The number of rotatable bonds is 5. The van der Waals surface area contributed by atoms with E-state index >= 15 is 0 Å². The summed E-state index contributed by atoms with van der Waals surface area (Å²) in [5, 5.41) is 4.15. The topological polar surface area (TPSA) is 21.3 Å². The summed E-state index contributed by atoms with van der Waals surface area (Å²) in [6.07, 6.45) is 0.136. The highest BCUT2D eigenvalue weighted by molar-refractivity contribution is 6.32. The molecule has 0 saturated carbocycles. The Labute approximate surface area is 132 Å². The van der Waals surface area contributed by atoms with Crippen LogP contribution in [0.15, 0.2) is 42.5 Å². The predicted octanol–water partition coefficient (Wildman–Crippen LogP) is 4.74. The molecule has 0 fully saturated rings. The van der Waals surface area contributed by atoms with Gasteiger partial charge in [-0.2, -0.15) is 0 Å². The fraction of sp³-hybridized carbons (Fsp3) is 0.333. The van der Waals surface area contributed by atoms with Crippen molar-refractivity contribution in [2.24, 2.45) is 0 Å². The summed E-state index contributed by atoms with van der Waals surface area (Å²) >= 11 is 6.49. The van der Waals surface area contributed by atoms with Crippen LogP contribution in [-0.4, -0.2) is 13.2 Å². The molecule has 0 bridgehead atoms. The fourth-order valence-corrected chi connectivity index (χ4v) is 2.69. The second kappa shape index (κ2) is 6.97. The van der Waals surface area contributed by atoms with Gasteiger partial charge in [-0.3, -0.25) is 0 Å². The third-order valence-electron chi connectivity index (χ3n) is 3.41. The van der Waals surface area contributed by atoms with Crippen molar-refractivity contribution in [2.45, 2.75) is 32.9 Å². The molecule has 0 heterocycles. The highest BCUT2D eigenvalue weighted by atomic mass is 35.5. The molecule has 2 nitrogen and oxygen atoms in total. The average Bonchev–Trinajstić information content (AvgIpc) is 2.45. The molecule has 0 aliphatic carbocycles. The zero-order chi connectivity index (χ0) is 15.4. The zero-order valence-corrected chi connectivity index (χ0v) is 13.7. The Balaban J connectivity index is 2.49. The number of nitrogens with one attached hydrogen (secondary N) is 1. The molecule has 1 N–H and O–H groups in total. The first kappa shape index (κ1) is 15.9. The molecule has 1 unspecified atom stereocenters. The molecule has 0 saturated heterocycles. The molecule has 0 aliphatic heterocycles. The van der Waals surface area contributed by atoms with Crippen LogP contribution in [0.4, 0.5) is 0 Å². The quantitative estimate of drug-likeness (QED) is 0.861. The zero-order valence-electron chi connectivity index (χ0n) is 13.0. The minimum atomic E-state index is 0.00681. The Bertz CT molecular complexity index is 610. The van der Waals surface area contributed by atoms with Gasteiger partial charge in [0.2, 0.25) is 0 Å². The Morgan fingerprint density at radius 3 is 2.33 bits per heavy atom. The maximum absolute atomic E-state index is 6.49. The van der Waals surface area contributed by atoms with Crippen LogP contribution >= 0.6 is 11.6 Å². The molecule has 2 aromatic rings. The lowest BCUT2D eigenvalue weighted by Gasteiger charge is -2.23. The molecule has 21 heavy (non-hydrogen) atoms. The summed E-state index contributed by atoms with van der Waals surface area (Å²) in [5.74, 6) is 0.893. The van der Waals surface area contributed by atoms with Crippen molar-refractivity contribution in [1.82, 2.24) is 5.32 Å². The van der Waals surface area contributed by atoms with E-state index in [-0.39, 0.29) is 12.1 Å². The molecule has 2 rings (SSSR count). The molecule has 2 aromatic carbocycles. The van der Waals surface area contributed by atoms with Crippen molar-refractivity contribution in [3.05, 3.63) is 64.2 Å². The molecule has 3 heteroatoms. The fourth-order valence-electron chi connectivity index (χ4n) is 2.45. The maximum Gasteiger partial charge on any atom is 0.124 e. The SMILES string of the molecule is CNC(c1ccccc1OC(C)C)c1cccc(C)c1Cl. The van der Waals surface area contributed by atoms with Crippen LogP contribution in [0.5, 0.6) is 5.75 Å². The Morgan fingerprint density at radius 1 is 1.00 bits per heavy atom. The molecule has 0 spiro atoms. The lowest BCUT2D eigenvalue weighted by Crippen LogP contribution is -2.20. The lowest BCUT2D eigenvalue weighted by atomic mass is 9.96. The van der Waals surface area contributed by atoms with Crippen molar-refractivity contribution in [1.29, 1.82) is 0 Å². The van der Waals surface area contributed by atoms with Gasteiger partial charge in [-0.25, -0.2) is 0 Å². The van der Waals surface area contributed by atoms with Crippen LogP contribution in [0.2, 0.25) is 5.02 Å². The Kier molecular flexibility index (Phi) is 5.27. The van der Waals surface area contributed by atoms with E-state index in [0.29, 0.717) is 0 Å². The van der Waals surface area contributed by atoms with Crippen molar-refractivity contribution < 1.29 is 4.74 Å². The Morgan fingerprint density at radius 2 is 1.67 bits per heavy atom. The van der Waals surface area contributed by atoms with Crippen molar-refractivity contribution in [3.63, 3.8) is 0 Å². The van der Waals surface area contributed by atoms with Crippen molar-refractivity contribution in [3.8, 4) is 5.75 Å². The maximum atomic E-state index is 6.49. The number of hydrogen-bond acceptors (Lipinski definition) is 2. The largest absolute Gasteiger partial charge is 0.491 e. The molecular weight excluding hydrogens is 282 g/mol. The van der Waals surface area contributed by atoms with Gasteiger partial charge in [0.25, 0.3) is 0 Å². The third kappa shape index (κ3) is 3.58. The first-order chi connectivity index (χ1) is 10.0. The summed E-state index contributed by atoms with van der Waals surface area (Å²) in [6.45, 7) is 6.09. The molecule has 0 aromatic heterocycles. The van der Waals surface area contributed by atoms with Gasteiger partial charge in [-0.15, -0.1) is 0 Å². The van der Waals surface area contributed by atoms with Crippen LogP contribution in [0.25, 0.3) is 0 Å². The molecule has 0 aliphatic rings. The average molecular weight is 304 g/mol. The van der Waals surface area contributed by atoms with E-state index in [1.54, 1.807) is 0 Å². The molecule has 0 amide bonds. The third-order valence-corrected chi connectivity index (χ3v) is 3.93. The van der Waals surface area contributed by atoms with Gasteiger partial charge in [-0.1, -0.05) is 48.0 Å². The predicted molar refractivity (Wildman–Crippen MR) is 89.3 cm³/mol. The highest BCUT2D eigenvalue weighted by Gasteiger charge is 2.20. The van der Waals surface area contributed by atoms with E-state index in [0.717, 1.165) is 27.5 Å². The van der Waals surface area contributed by atoms with Crippen LogP contribution in [0, 0.1) is 6.92 Å². The number of hydrogen-bond donors (Lipinski definition) is 1. The minimum absolute atomic E-state index is 0.00681. The van der Waals surface area contributed by atoms with Crippen LogP contribution in [0.1, 0.15) is 36.6 Å². The van der Waals surface area contributed by atoms with E-state index in [4.69, 9.17) is 16.3 Å². The summed E-state index contributed by atoms with van der Waals surface area (Å²) < 4.78 is 5.94. The van der Waals surface area contributed by atoms with Gasteiger partial charge in [0, 0.05) is 10.6 Å². The molecular formula is C18H22ClNO. The van der Waals surface area contributed by atoms with Crippen LogP contribution in [-0.2, 0) is 0 Å². The van der Waals surface area contributed by atoms with E-state index in [1.807, 2.05) is 58.2 Å². The molecule has 112 valence electrons. The number of halogens is 1. The standard InChI is InChI=1S/C18H22ClNO/c1-12(2)21-16-11-6-5-9-14(16)18(20-4)15-10-7-8-13(3)17(15)19/h5-12,18,20H,1-4H3. The summed E-state index contributed by atoms with van der Waals surface area (Å²) in [7, 11) is 1.94. The van der Waals surface area contributed by atoms with Crippen LogP contribution < -0.4 is 10.1 Å². The van der Waals surface area contributed by atoms with Gasteiger partial charge in [-0.05, 0) is 45.0 Å². The highest BCUT2D eigenvalue weighted by Crippen LogP contribution is 2.34. The molecule has 0 radical (unpaired) electrons. The first-order valence-corrected chi connectivity index (χ1v) is 7.60. The number of aryl methyl sites for hydroxylation is 1. The summed E-state index contributed by atoms with van der Waals surface area (Å²) in [6, 6.07) is 14.2. The van der Waals surface area contributed by atoms with E-state index < -0.39 is 0 Å². The van der Waals surface area contributed by atoms with Crippen molar-refractivity contribution >= 4 is 11.6 Å². The second-order valence-electron chi connectivity index (χ2n) is 5.40. The first-order valence-electron chi connectivity index (χ1n) is 7.22. The number of benzene rings is 2. The van der Waals surface area contributed by atoms with Gasteiger partial charge in [0.1, 0.15) is 5.75 Å². The van der Waals surface area contributed by atoms with E-state index in [1.165, 1.54) is 0 Å². The summed E-state index contributed by atoms with van der Waals surface area (Å²) in [4.78, 5) is 0. The minimum Gasteiger partial charge on any atom is -0.491 e. The van der Waals surface area contributed by atoms with E-state index in [2.05, 4.69) is 17.4 Å². The normalized spacial score (nSPS) is 12.5. The van der Waals surface area contributed by atoms with E-state index in [9.17, 15) is 0 Å². The van der Waals surface area contributed by atoms with Gasteiger partial charge in [0.05, 0.1) is 12.1 Å². The van der Waals surface area contributed by atoms with Gasteiger partial charge in [0.15, 0.2) is 0 Å². The lowest BCUT2D eigenvalue weighted by molar-refractivity contribution is 0.238. The van der Waals surface area contributed by atoms with Gasteiger partial charge >= 0.3 is 0 Å². The number of para-hydroxylation sites is 1. The Hall–Kier alpha value is -1.51. The smallest absolute Gasteiger partial charge is 0.124 e. The molecule has 1 atom stereocenters. The second-order valence-corrected chi connectivity index (χ2v) is 5.78. The monoisotopic (exact) mass is 303 g/mol. The summed E-state index contributed by atoms with van der Waals surface area (Å²) in [5.41, 5.74) is 3.25. The van der Waals surface area contributed by atoms with Crippen molar-refractivity contribution in [2.75, 3.05) is 7.05 Å². The van der Waals surface area contributed by atoms with Gasteiger partial charge < -0.3 is 10.1 Å². The number of ether oxygens (including phenoxy) is 1. The van der Waals surface area contributed by atoms with Crippen LogP contribution in [0.3, 0.4) is 0 Å².